The van der Waals surface area contributed by atoms with Crippen LogP contribution < -0.4 is 5.32 Å². The van der Waals surface area contributed by atoms with Crippen LogP contribution in [0.15, 0.2) is 59.1 Å². The standard InChI is InChI=1S/C26H30BrClN4O2/c1-5-6-15-31(25(34)18-11-7-8-12-19(18)27)17-24(33)29-23-16-22(26(2,3)4)30-32(23)21-14-10-9-13-20(21)28/h7-14,16H,5-6,15,17H2,1-4H3,(H,29,33). The molecular weight excluding hydrogens is 516 g/mol. The van der Waals surface area contributed by atoms with Gasteiger partial charge in [-0.3, -0.25) is 9.59 Å². The lowest BCUT2D eigenvalue weighted by Crippen LogP contribution is -2.39. The third kappa shape index (κ3) is 6.27. The number of para-hydroxylation sites is 1. The van der Waals surface area contributed by atoms with E-state index in [4.69, 9.17) is 16.7 Å². The summed E-state index contributed by atoms with van der Waals surface area (Å²) >= 11 is 9.87. The Morgan fingerprint density at radius 3 is 2.44 bits per heavy atom. The zero-order chi connectivity index (χ0) is 24.9. The number of hydrogen-bond donors (Lipinski definition) is 1. The molecule has 0 spiro atoms. The van der Waals surface area contributed by atoms with Gasteiger partial charge in [0.25, 0.3) is 5.91 Å². The van der Waals surface area contributed by atoms with E-state index < -0.39 is 0 Å². The van der Waals surface area contributed by atoms with Crippen molar-refractivity contribution in [3.63, 3.8) is 0 Å². The summed E-state index contributed by atoms with van der Waals surface area (Å²) in [5.74, 6) is 0.0167. The number of nitrogens with one attached hydrogen (secondary N) is 1. The van der Waals surface area contributed by atoms with Crippen LogP contribution in [0, 0.1) is 0 Å². The Hall–Kier alpha value is -2.64. The minimum absolute atomic E-state index is 0.0707. The number of benzene rings is 2. The van der Waals surface area contributed by atoms with Gasteiger partial charge in [-0.15, -0.1) is 0 Å². The van der Waals surface area contributed by atoms with E-state index in [-0.39, 0.29) is 23.8 Å². The fourth-order valence-electron chi connectivity index (χ4n) is 3.41. The summed E-state index contributed by atoms with van der Waals surface area (Å²) in [6.07, 6.45) is 1.71. The van der Waals surface area contributed by atoms with Crippen LogP contribution in [0.25, 0.3) is 5.69 Å². The first-order valence-corrected chi connectivity index (χ1v) is 12.5. The molecule has 8 heteroatoms. The number of aromatic nitrogens is 2. The second-order valence-electron chi connectivity index (χ2n) is 9.14. The van der Waals surface area contributed by atoms with Crippen LogP contribution in [0.3, 0.4) is 0 Å². The number of carbonyl (C=O) groups excluding carboxylic acids is 2. The molecule has 0 radical (unpaired) electrons. The van der Waals surface area contributed by atoms with Crippen molar-refractivity contribution < 1.29 is 9.59 Å². The molecule has 180 valence electrons. The summed E-state index contributed by atoms with van der Waals surface area (Å²) < 4.78 is 2.35. The molecule has 6 nitrogen and oxygen atoms in total. The molecule has 0 unspecified atom stereocenters. The van der Waals surface area contributed by atoms with Crippen molar-refractivity contribution in [1.29, 1.82) is 0 Å². The molecule has 0 aliphatic rings. The van der Waals surface area contributed by atoms with E-state index in [1.165, 1.54) is 0 Å². The number of amides is 2. The molecule has 0 saturated heterocycles. The second kappa shape index (κ2) is 11.2. The predicted molar refractivity (Wildman–Crippen MR) is 141 cm³/mol. The van der Waals surface area contributed by atoms with Crippen LogP contribution in [-0.2, 0) is 10.2 Å². The quantitative estimate of drug-likeness (QED) is 0.353. The van der Waals surface area contributed by atoms with E-state index in [1.54, 1.807) is 21.7 Å². The monoisotopic (exact) mass is 544 g/mol. The molecule has 1 N–H and O–H groups in total. The highest BCUT2D eigenvalue weighted by atomic mass is 79.9. The Balaban J connectivity index is 1.88. The lowest BCUT2D eigenvalue weighted by molar-refractivity contribution is -0.117. The average molecular weight is 546 g/mol. The molecule has 2 aromatic carbocycles. The molecule has 2 amide bonds. The zero-order valence-electron chi connectivity index (χ0n) is 19.9. The van der Waals surface area contributed by atoms with Gasteiger partial charge in [0.1, 0.15) is 12.4 Å². The van der Waals surface area contributed by atoms with Crippen molar-refractivity contribution in [3.8, 4) is 5.69 Å². The van der Waals surface area contributed by atoms with E-state index in [1.807, 2.05) is 42.5 Å². The van der Waals surface area contributed by atoms with Crippen molar-refractivity contribution in [2.45, 2.75) is 46.0 Å². The zero-order valence-corrected chi connectivity index (χ0v) is 22.3. The van der Waals surface area contributed by atoms with E-state index in [0.29, 0.717) is 33.1 Å². The van der Waals surface area contributed by atoms with Crippen molar-refractivity contribution in [2.24, 2.45) is 0 Å². The van der Waals surface area contributed by atoms with Gasteiger partial charge in [0.15, 0.2) is 0 Å². The van der Waals surface area contributed by atoms with E-state index in [0.717, 1.165) is 18.5 Å². The molecule has 0 fully saturated rings. The van der Waals surface area contributed by atoms with E-state index in [9.17, 15) is 9.59 Å². The number of nitrogens with zero attached hydrogens (tertiary/aromatic N) is 3. The number of halogens is 2. The maximum absolute atomic E-state index is 13.2. The molecule has 0 bridgehead atoms. The van der Waals surface area contributed by atoms with Gasteiger partial charge in [-0.05, 0) is 46.6 Å². The van der Waals surface area contributed by atoms with Crippen LogP contribution >= 0.6 is 27.5 Å². The number of unbranched alkanes of at least 4 members (excludes halogenated alkanes) is 1. The summed E-state index contributed by atoms with van der Waals surface area (Å²) in [4.78, 5) is 27.9. The van der Waals surface area contributed by atoms with Crippen LogP contribution in [0.4, 0.5) is 5.82 Å². The van der Waals surface area contributed by atoms with Gasteiger partial charge >= 0.3 is 0 Å². The number of anilines is 1. The molecule has 0 aliphatic heterocycles. The second-order valence-corrected chi connectivity index (χ2v) is 10.4. The highest BCUT2D eigenvalue weighted by Crippen LogP contribution is 2.29. The first-order chi connectivity index (χ1) is 16.1. The Morgan fingerprint density at radius 1 is 1.12 bits per heavy atom. The van der Waals surface area contributed by atoms with Gasteiger partial charge in [0.2, 0.25) is 5.91 Å². The Morgan fingerprint density at radius 2 is 1.79 bits per heavy atom. The van der Waals surface area contributed by atoms with Gasteiger partial charge in [0, 0.05) is 22.5 Å². The van der Waals surface area contributed by atoms with E-state index in [2.05, 4.69) is 48.9 Å². The molecular formula is C26H30BrClN4O2. The number of hydrogen-bond acceptors (Lipinski definition) is 3. The molecule has 0 aliphatic carbocycles. The van der Waals surface area contributed by atoms with Gasteiger partial charge in [-0.2, -0.15) is 5.10 Å². The molecule has 0 saturated carbocycles. The maximum Gasteiger partial charge on any atom is 0.255 e. The van der Waals surface area contributed by atoms with Gasteiger partial charge in [-0.25, -0.2) is 4.68 Å². The third-order valence-corrected chi connectivity index (χ3v) is 6.34. The smallest absolute Gasteiger partial charge is 0.255 e. The summed E-state index contributed by atoms with van der Waals surface area (Å²) in [6, 6.07) is 16.4. The highest BCUT2D eigenvalue weighted by Gasteiger charge is 2.24. The molecule has 1 heterocycles. The fourth-order valence-corrected chi connectivity index (χ4v) is 4.08. The third-order valence-electron chi connectivity index (χ3n) is 5.33. The first kappa shape index (κ1) is 26.0. The summed E-state index contributed by atoms with van der Waals surface area (Å²) in [5.41, 5.74) is 1.79. The Kier molecular flexibility index (Phi) is 8.55. The fraction of sp³-hybridized carbons (Fsp3) is 0.346. The molecule has 3 rings (SSSR count). The summed E-state index contributed by atoms with van der Waals surface area (Å²) in [5, 5.41) is 8.20. The number of carbonyl (C=O) groups is 2. The van der Waals surface area contributed by atoms with Crippen molar-refractivity contribution in [2.75, 3.05) is 18.4 Å². The summed E-state index contributed by atoms with van der Waals surface area (Å²) in [6.45, 7) is 8.64. The van der Waals surface area contributed by atoms with Crippen LogP contribution in [0.5, 0.6) is 0 Å². The van der Waals surface area contributed by atoms with Gasteiger partial charge in [-0.1, -0.05) is 70.0 Å². The SMILES string of the molecule is CCCCN(CC(=O)Nc1cc(C(C)(C)C)nn1-c1ccccc1Cl)C(=O)c1ccccc1Br. The van der Waals surface area contributed by atoms with Gasteiger partial charge < -0.3 is 10.2 Å². The molecule has 3 aromatic rings. The Labute approximate surface area is 214 Å². The van der Waals surface area contributed by atoms with Crippen LogP contribution in [0.2, 0.25) is 5.02 Å². The van der Waals surface area contributed by atoms with Crippen LogP contribution in [0.1, 0.15) is 56.6 Å². The van der Waals surface area contributed by atoms with E-state index >= 15 is 0 Å². The Bertz CT molecular complexity index is 1170. The average Bonchev–Trinajstić information content (AvgIpc) is 3.20. The number of rotatable bonds is 8. The van der Waals surface area contributed by atoms with Crippen molar-refractivity contribution >= 4 is 45.2 Å². The first-order valence-electron chi connectivity index (χ1n) is 11.3. The molecule has 34 heavy (non-hydrogen) atoms. The normalized spacial score (nSPS) is 11.4. The predicted octanol–water partition coefficient (Wildman–Crippen LogP) is 6.47. The largest absolute Gasteiger partial charge is 0.329 e. The summed E-state index contributed by atoms with van der Waals surface area (Å²) in [7, 11) is 0. The minimum atomic E-state index is -0.301. The minimum Gasteiger partial charge on any atom is -0.329 e. The highest BCUT2D eigenvalue weighted by molar-refractivity contribution is 9.10. The maximum atomic E-state index is 13.2. The molecule has 0 atom stereocenters. The van der Waals surface area contributed by atoms with Crippen molar-refractivity contribution in [1.82, 2.24) is 14.7 Å². The van der Waals surface area contributed by atoms with Gasteiger partial charge in [0.05, 0.1) is 22.0 Å². The lowest BCUT2D eigenvalue weighted by atomic mass is 9.92. The van der Waals surface area contributed by atoms with Crippen molar-refractivity contribution in [3.05, 3.63) is 75.4 Å². The lowest BCUT2D eigenvalue weighted by Gasteiger charge is -2.23. The van der Waals surface area contributed by atoms with Crippen LogP contribution in [-0.4, -0.2) is 39.6 Å². The molecule has 1 aromatic heterocycles. The topological polar surface area (TPSA) is 67.2 Å².